The second-order valence-electron chi connectivity index (χ2n) is 6.80. The summed E-state index contributed by atoms with van der Waals surface area (Å²) in [4.78, 5) is 15.6. The molecule has 0 atom stereocenters. The first-order chi connectivity index (χ1) is 13.2. The first-order valence-corrected chi connectivity index (χ1v) is 9.93. The highest BCUT2D eigenvalue weighted by atomic mass is 15.1. The van der Waals surface area contributed by atoms with Crippen molar-refractivity contribution in [1.82, 2.24) is 15.0 Å². The predicted molar refractivity (Wildman–Crippen MR) is 114 cm³/mol. The Morgan fingerprint density at radius 3 is 2.37 bits per heavy atom. The second kappa shape index (κ2) is 8.80. The Kier molecular flexibility index (Phi) is 6.22. The average molecular weight is 364 g/mol. The van der Waals surface area contributed by atoms with Gasteiger partial charge >= 0.3 is 0 Å². The molecule has 0 aliphatic rings. The van der Waals surface area contributed by atoms with Gasteiger partial charge in [-0.1, -0.05) is 31.9 Å². The number of unbranched alkanes of at least 4 members (excludes halogenated alkanes) is 2. The Bertz CT molecular complexity index is 885. The number of rotatable bonds is 8. The van der Waals surface area contributed by atoms with E-state index in [1.165, 1.54) is 30.4 Å². The lowest BCUT2D eigenvalue weighted by Crippen LogP contribution is -2.21. The molecule has 2 N–H and O–H groups in total. The van der Waals surface area contributed by atoms with Crippen LogP contribution in [0.5, 0.6) is 0 Å². The third-order valence-corrected chi connectivity index (χ3v) is 5.06. The maximum absolute atomic E-state index is 6.14. The summed E-state index contributed by atoms with van der Waals surface area (Å²) in [7, 11) is 0. The molecule has 142 valence electrons. The van der Waals surface area contributed by atoms with Crippen molar-refractivity contribution in [3.8, 4) is 11.3 Å². The fraction of sp³-hybridized carbons (Fsp3) is 0.409. The quantitative estimate of drug-likeness (QED) is 0.579. The number of hydrogen-bond donors (Lipinski definition) is 1. The van der Waals surface area contributed by atoms with E-state index >= 15 is 0 Å². The van der Waals surface area contributed by atoms with Crippen LogP contribution >= 0.6 is 0 Å². The number of hydrogen-bond acceptors (Lipinski definition) is 5. The molecule has 0 spiro atoms. The molecule has 5 nitrogen and oxygen atoms in total. The molecule has 3 aromatic rings. The molecule has 3 rings (SSSR count). The molecule has 27 heavy (non-hydrogen) atoms. The number of anilines is 2. The van der Waals surface area contributed by atoms with Crippen LogP contribution in [0.3, 0.4) is 0 Å². The molecule has 0 fully saturated rings. The molecule has 0 saturated carbocycles. The lowest BCUT2D eigenvalue weighted by atomic mass is 10.0. The fourth-order valence-electron chi connectivity index (χ4n) is 3.51. The molecular formula is C22H29N5. The number of aryl methyl sites for hydroxylation is 1. The third-order valence-electron chi connectivity index (χ3n) is 5.06. The van der Waals surface area contributed by atoms with E-state index < -0.39 is 0 Å². The first-order valence-electron chi connectivity index (χ1n) is 9.93. The fourth-order valence-corrected chi connectivity index (χ4v) is 3.51. The number of nitrogens with two attached hydrogens (primary N) is 1. The maximum Gasteiger partial charge on any atom is 0.165 e. The summed E-state index contributed by atoms with van der Waals surface area (Å²) < 4.78 is 0. The molecule has 0 bridgehead atoms. The summed E-state index contributed by atoms with van der Waals surface area (Å²) in [6.45, 7) is 8.57. The van der Waals surface area contributed by atoms with Crippen LogP contribution in [0.2, 0.25) is 0 Å². The largest absolute Gasteiger partial charge is 0.383 e. The van der Waals surface area contributed by atoms with Crippen LogP contribution in [0.4, 0.5) is 11.5 Å². The van der Waals surface area contributed by atoms with Crippen molar-refractivity contribution in [3.63, 3.8) is 0 Å². The Morgan fingerprint density at radius 2 is 1.70 bits per heavy atom. The molecule has 0 amide bonds. The summed E-state index contributed by atoms with van der Waals surface area (Å²) in [5.41, 5.74) is 11.3. The van der Waals surface area contributed by atoms with E-state index in [1.807, 2.05) is 0 Å². The monoisotopic (exact) mass is 363 g/mol. The van der Waals surface area contributed by atoms with E-state index in [1.54, 1.807) is 0 Å². The van der Waals surface area contributed by atoms with Gasteiger partial charge in [0.1, 0.15) is 12.1 Å². The third kappa shape index (κ3) is 4.18. The van der Waals surface area contributed by atoms with E-state index in [0.717, 1.165) is 42.6 Å². The molecule has 5 heteroatoms. The van der Waals surface area contributed by atoms with Crippen molar-refractivity contribution in [1.29, 1.82) is 0 Å². The number of nitrogens with zero attached hydrogens (tertiary/aromatic N) is 4. The molecule has 0 aliphatic heterocycles. The molecule has 0 saturated heterocycles. The first kappa shape index (κ1) is 19.1. The lowest BCUT2D eigenvalue weighted by Gasteiger charge is -2.21. The highest BCUT2D eigenvalue weighted by Crippen LogP contribution is 2.28. The number of fused-ring (bicyclic) bond motifs is 1. The van der Waals surface area contributed by atoms with Crippen molar-refractivity contribution < 1.29 is 0 Å². The molecule has 2 heterocycles. The van der Waals surface area contributed by atoms with Gasteiger partial charge < -0.3 is 10.6 Å². The van der Waals surface area contributed by atoms with E-state index in [4.69, 9.17) is 10.7 Å². The number of aromatic nitrogens is 3. The predicted octanol–water partition coefficient (Wildman–Crippen LogP) is 4.85. The van der Waals surface area contributed by atoms with Crippen molar-refractivity contribution in [2.45, 2.75) is 46.5 Å². The van der Waals surface area contributed by atoms with Gasteiger partial charge in [-0.3, -0.25) is 0 Å². The van der Waals surface area contributed by atoms with Crippen molar-refractivity contribution >= 4 is 22.5 Å². The minimum Gasteiger partial charge on any atom is -0.383 e. The van der Waals surface area contributed by atoms with Gasteiger partial charge in [-0.2, -0.15) is 0 Å². The van der Waals surface area contributed by atoms with Crippen LogP contribution in [0.25, 0.3) is 22.3 Å². The zero-order valence-electron chi connectivity index (χ0n) is 16.6. The van der Waals surface area contributed by atoms with E-state index in [0.29, 0.717) is 11.5 Å². The zero-order chi connectivity index (χ0) is 19.2. The lowest BCUT2D eigenvalue weighted by molar-refractivity contribution is 0.719. The molecule has 2 aromatic heterocycles. The zero-order valence-corrected chi connectivity index (χ0v) is 16.6. The normalized spacial score (nSPS) is 11.1. The van der Waals surface area contributed by atoms with E-state index in [-0.39, 0.29) is 0 Å². The molecule has 0 unspecified atom stereocenters. The van der Waals surface area contributed by atoms with Gasteiger partial charge in [0.25, 0.3) is 0 Å². The van der Waals surface area contributed by atoms with Crippen molar-refractivity contribution in [2.24, 2.45) is 0 Å². The Hall–Kier alpha value is -2.69. The van der Waals surface area contributed by atoms with E-state index in [9.17, 15) is 0 Å². The van der Waals surface area contributed by atoms with Crippen molar-refractivity contribution in [3.05, 3.63) is 42.2 Å². The molecular weight excluding hydrogens is 334 g/mol. The number of benzene rings is 1. The van der Waals surface area contributed by atoms with Gasteiger partial charge in [0, 0.05) is 24.3 Å². The van der Waals surface area contributed by atoms with Gasteiger partial charge in [-0.25, -0.2) is 15.0 Å². The molecule has 1 aromatic carbocycles. The maximum atomic E-state index is 6.14. The summed E-state index contributed by atoms with van der Waals surface area (Å²) in [6.07, 6.45) is 5.98. The second-order valence-corrected chi connectivity index (χ2v) is 6.80. The van der Waals surface area contributed by atoms with Gasteiger partial charge in [0.05, 0.1) is 11.1 Å². The van der Waals surface area contributed by atoms with Gasteiger partial charge in [0.2, 0.25) is 0 Å². The summed E-state index contributed by atoms with van der Waals surface area (Å²) in [5.74, 6) is 0.516. The van der Waals surface area contributed by atoms with Crippen LogP contribution in [-0.4, -0.2) is 28.0 Å². The summed E-state index contributed by atoms with van der Waals surface area (Å²) in [6, 6.07) is 10.8. The summed E-state index contributed by atoms with van der Waals surface area (Å²) >= 11 is 0. The average Bonchev–Trinajstić information content (AvgIpc) is 2.69. The standard InChI is InChI=1S/C22H29N5/c1-4-7-8-9-17-14-19(26-22-20(17)21(23)24-15-25-22)16-10-12-18(13-11-16)27(5-2)6-3/h10-15H,4-9H2,1-3H3,(H2,23,24,25,26). The SMILES string of the molecule is CCCCCc1cc(-c2ccc(N(CC)CC)cc2)nc2ncnc(N)c12. The van der Waals surface area contributed by atoms with Crippen LogP contribution in [-0.2, 0) is 6.42 Å². The van der Waals surface area contributed by atoms with Crippen LogP contribution in [0, 0.1) is 0 Å². The van der Waals surface area contributed by atoms with Crippen molar-refractivity contribution in [2.75, 3.05) is 23.7 Å². The van der Waals surface area contributed by atoms with Gasteiger partial charge in [-0.15, -0.1) is 0 Å². The van der Waals surface area contributed by atoms with Crippen LogP contribution in [0.15, 0.2) is 36.7 Å². The van der Waals surface area contributed by atoms with E-state index in [2.05, 4.69) is 66.0 Å². The molecule has 0 radical (unpaired) electrons. The van der Waals surface area contributed by atoms with Gasteiger partial charge in [-0.05, 0) is 50.5 Å². The highest BCUT2D eigenvalue weighted by molar-refractivity contribution is 5.90. The Morgan fingerprint density at radius 1 is 0.963 bits per heavy atom. The smallest absolute Gasteiger partial charge is 0.165 e. The Labute approximate surface area is 161 Å². The van der Waals surface area contributed by atoms with Crippen LogP contribution < -0.4 is 10.6 Å². The molecule has 0 aliphatic carbocycles. The van der Waals surface area contributed by atoms with Crippen LogP contribution in [0.1, 0.15) is 45.6 Å². The minimum atomic E-state index is 0.516. The topological polar surface area (TPSA) is 67.9 Å². The highest BCUT2D eigenvalue weighted by Gasteiger charge is 2.12. The number of nitrogen functional groups attached to an aromatic ring is 1. The Balaban J connectivity index is 2.01. The summed E-state index contributed by atoms with van der Waals surface area (Å²) in [5, 5.41) is 0.900. The van der Waals surface area contributed by atoms with Gasteiger partial charge in [0.15, 0.2) is 5.65 Å². The minimum absolute atomic E-state index is 0.516. The number of pyridine rings is 1.